The lowest BCUT2D eigenvalue weighted by molar-refractivity contribution is -0.377. The van der Waals surface area contributed by atoms with Gasteiger partial charge >= 0.3 is 0 Å². The number of H-pyrrole nitrogens is 1. The standard InChI is InChI=1S/C20H22N4O2/c25-19(7-6-17-4-2-1-3-5-17)22-16-20(26)24-14-12-23(13-15-24)18-8-10-21-11-9-18/h1-11H,12-16H2,(H,22,25)/p+1/b7-6+. The highest BCUT2D eigenvalue weighted by Crippen LogP contribution is 2.13. The molecular formula is C20H23N4O2+. The summed E-state index contributed by atoms with van der Waals surface area (Å²) in [5, 5.41) is 2.66. The monoisotopic (exact) mass is 351 g/mol. The van der Waals surface area contributed by atoms with Crippen LogP contribution in [0.25, 0.3) is 6.08 Å². The number of carbonyl (C=O) groups is 2. The van der Waals surface area contributed by atoms with Gasteiger partial charge in [0.1, 0.15) is 0 Å². The first-order valence-electron chi connectivity index (χ1n) is 8.72. The predicted octanol–water partition coefficient (Wildman–Crippen LogP) is 0.979. The average molecular weight is 351 g/mol. The minimum absolute atomic E-state index is 0.0261. The molecule has 2 heterocycles. The number of aromatic amines is 1. The molecule has 2 aromatic rings. The molecule has 0 aliphatic carbocycles. The number of hydrogen-bond acceptors (Lipinski definition) is 3. The van der Waals surface area contributed by atoms with Gasteiger partial charge in [-0.3, -0.25) is 9.59 Å². The zero-order valence-electron chi connectivity index (χ0n) is 14.6. The molecule has 0 unspecified atom stereocenters. The highest BCUT2D eigenvalue weighted by Gasteiger charge is 2.21. The van der Waals surface area contributed by atoms with Crippen molar-refractivity contribution >= 4 is 23.6 Å². The molecule has 1 aromatic carbocycles. The Kier molecular flexibility index (Phi) is 5.98. The van der Waals surface area contributed by atoms with Gasteiger partial charge in [0.25, 0.3) is 0 Å². The van der Waals surface area contributed by atoms with E-state index in [9.17, 15) is 9.59 Å². The smallest absolute Gasteiger partial charge is 0.244 e. The number of amides is 2. The van der Waals surface area contributed by atoms with Crippen LogP contribution >= 0.6 is 0 Å². The van der Waals surface area contributed by atoms with Gasteiger partial charge < -0.3 is 15.1 Å². The molecule has 6 heteroatoms. The fraction of sp³-hybridized carbons (Fsp3) is 0.250. The Bertz CT molecular complexity index is 754. The maximum Gasteiger partial charge on any atom is 0.244 e. The van der Waals surface area contributed by atoms with E-state index in [1.54, 1.807) is 11.0 Å². The maximum atomic E-state index is 12.3. The molecule has 1 saturated heterocycles. The Labute approximate surface area is 153 Å². The van der Waals surface area contributed by atoms with E-state index in [4.69, 9.17) is 0 Å². The second kappa shape index (κ2) is 8.80. The minimum Gasteiger partial charge on any atom is -0.368 e. The largest absolute Gasteiger partial charge is 0.368 e. The van der Waals surface area contributed by atoms with Crippen LogP contribution in [0.1, 0.15) is 5.56 Å². The molecule has 26 heavy (non-hydrogen) atoms. The van der Waals surface area contributed by atoms with E-state index in [2.05, 4.69) is 15.2 Å². The Hall–Kier alpha value is -3.15. The van der Waals surface area contributed by atoms with Crippen molar-refractivity contribution in [2.24, 2.45) is 0 Å². The molecule has 1 aromatic heterocycles. The van der Waals surface area contributed by atoms with Crippen molar-refractivity contribution in [3.05, 3.63) is 66.5 Å². The summed E-state index contributed by atoms with van der Waals surface area (Å²) in [5.74, 6) is -0.311. The molecule has 134 valence electrons. The molecule has 0 spiro atoms. The van der Waals surface area contributed by atoms with Crippen molar-refractivity contribution in [1.82, 2.24) is 10.2 Å². The zero-order chi connectivity index (χ0) is 18.2. The van der Waals surface area contributed by atoms with Gasteiger partial charge in [-0.15, -0.1) is 0 Å². The number of benzene rings is 1. The van der Waals surface area contributed by atoms with Crippen molar-refractivity contribution in [1.29, 1.82) is 0 Å². The van der Waals surface area contributed by atoms with Gasteiger partial charge in [-0.1, -0.05) is 30.3 Å². The summed E-state index contributed by atoms with van der Waals surface area (Å²) in [6, 6.07) is 13.6. The summed E-state index contributed by atoms with van der Waals surface area (Å²) in [4.78, 5) is 31.2. The van der Waals surface area contributed by atoms with E-state index in [1.165, 1.54) is 6.08 Å². The van der Waals surface area contributed by atoms with Crippen LogP contribution in [0.5, 0.6) is 0 Å². The van der Waals surface area contributed by atoms with E-state index >= 15 is 0 Å². The Morgan fingerprint density at radius 3 is 2.38 bits per heavy atom. The molecule has 0 atom stereocenters. The van der Waals surface area contributed by atoms with Gasteiger partial charge in [-0.2, -0.15) is 0 Å². The lowest BCUT2D eigenvalue weighted by Crippen LogP contribution is -2.51. The average Bonchev–Trinajstić information content (AvgIpc) is 2.72. The molecule has 0 bridgehead atoms. The maximum absolute atomic E-state index is 12.3. The van der Waals surface area contributed by atoms with Crippen LogP contribution in [0.4, 0.5) is 5.69 Å². The number of anilines is 1. The fourth-order valence-corrected chi connectivity index (χ4v) is 2.87. The number of pyridine rings is 1. The highest BCUT2D eigenvalue weighted by atomic mass is 16.2. The van der Waals surface area contributed by atoms with Gasteiger partial charge in [0.05, 0.1) is 6.54 Å². The zero-order valence-corrected chi connectivity index (χ0v) is 14.6. The van der Waals surface area contributed by atoms with Gasteiger partial charge in [0, 0.05) is 50.1 Å². The first-order valence-corrected chi connectivity index (χ1v) is 8.72. The van der Waals surface area contributed by atoms with Crippen molar-refractivity contribution in [2.75, 3.05) is 37.6 Å². The summed E-state index contributed by atoms with van der Waals surface area (Å²) in [5.41, 5.74) is 2.10. The number of aromatic nitrogens is 1. The number of piperazine rings is 1. The molecule has 0 radical (unpaired) electrons. The fourth-order valence-electron chi connectivity index (χ4n) is 2.87. The minimum atomic E-state index is -0.263. The lowest BCUT2D eigenvalue weighted by atomic mass is 10.2. The van der Waals surface area contributed by atoms with E-state index < -0.39 is 0 Å². The van der Waals surface area contributed by atoms with E-state index in [1.807, 2.05) is 54.9 Å². The summed E-state index contributed by atoms with van der Waals surface area (Å²) < 4.78 is 0. The molecule has 1 aliphatic heterocycles. The number of rotatable bonds is 5. The third kappa shape index (κ3) is 4.92. The molecular weight excluding hydrogens is 328 g/mol. The van der Waals surface area contributed by atoms with Crippen molar-refractivity contribution < 1.29 is 14.6 Å². The predicted molar refractivity (Wildman–Crippen MR) is 100 cm³/mol. The number of carbonyl (C=O) groups excluding carboxylic acids is 2. The van der Waals surface area contributed by atoms with Crippen LogP contribution in [0, 0.1) is 0 Å². The first-order chi connectivity index (χ1) is 12.7. The summed E-state index contributed by atoms with van der Waals surface area (Å²) in [6.45, 7) is 2.92. The quantitative estimate of drug-likeness (QED) is 0.817. The molecule has 3 rings (SSSR count). The Balaban J connectivity index is 1.42. The second-order valence-electron chi connectivity index (χ2n) is 6.09. The van der Waals surface area contributed by atoms with Crippen LogP contribution in [-0.4, -0.2) is 49.4 Å². The van der Waals surface area contributed by atoms with Gasteiger partial charge in [-0.25, -0.2) is 4.98 Å². The first kappa shape index (κ1) is 17.7. The summed E-state index contributed by atoms with van der Waals surface area (Å²) >= 11 is 0. The van der Waals surface area contributed by atoms with E-state index in [-0.39, 0.29) is 18.4 Å². The molecule has 6 nitrogen and oxygen atoms in total. The Morgan fingerprint density at radius 1 is 1.00 bits per heavy atom. The topological polar surface area (TPSA) is 66.8 Å². The third-order valence-electron chi connectivity index (χ3n) is 4.34. The molecule has 2 N–H and O–H groups in total. The lowest BCUT2D eigenvalue weighted by Gasteiger charge is -2.35. The van der Waals surface area contributed by atoms with Gasteiger partial charge in [0.15, 0.2) is 12.4 Å². The molecule has 0 saturated carbocycles. The number of nitrogens with zero attached hydrogens (tertiary/aromatic N) is 2. The highest BCUT2D eigenvalue weighted by molar-refractivity contribution is 5.94. The van der Waals surface area contributed by atoms with E-state index in [0.29, 0.717) is 13.1 Å². The third-order valence-corrected chi connectivity index (χ3v) is 4.34. The van der Waals surface area contributed by atoms with Crippen LogP contribution in [0.15, 0.2) is 60.9 Å². The Morgan fingerprint density at radius 2 is 1.69 bits per heavy atom. The van der Waals surface area contributed by atoms with E-state index in [0.717, 1.165) is 24.3 Å². The second-order valence-corrected chi connectivity index (χ2v) is 6.09. The van der Waals surface area contributed by atoms with Gasteiger partial charge in [-0.05, 0) is 11.6 Å². The SMILES string of the molecule is O=C(/C=C/c1ccccc1)NCC(=O)N1CCN(c2cc[nH+]cc2)CC1. The summed E-state index contributed by atoms with van der Waals surface area (Å²) in [6.07, 6.45) is 6.97. The van der Waals surface area contributed by atoms with Crippen LogP contribution in [-0.2, 0) is 9.59 Å². The van der Waals surface area contributed by atoms with Crippen molar-refractivity contribution in [3.63, 3.8) is 0 Å². The normalized spacial score (nSPS) is 14.5. The summed E-state index contributed by atoms with van der Waals surface area (Å²) in [7, 11) is 0. The number of hydrogen-bond donors (Lipinski definition) is 1. The van der Waals surface area contributed by atoms with Crippen LogP contribution < -0.4 is 15.2 Å². The van der Waals surface area contributed by atoms with Crippen molar-refractivity contribution in [3.8, 4) is 0 Å². The molecule has 1 aliphatic rings. The van der Waals surface area contributed by atoms with Crippen LogP contribution in [0.2, 0.25) is 0 Å². The van der Waals surface area contributed by atoms with Crippen molar-refractivity contribution in [2.45, 2.75) is 0 Å². The van der Waals surface area contributed by atoms with Crippen LogP contribution in [0.3, 0.4) is 0 Å². The van der Waals surface area contributed by atoms with Gasteiger partial charge in [0.2, 0.25) is 11.8 Å². The molecule has 2 amide bonds. The number of nitrogens with one attached hydrogen (secondary N) is 2. The molecule has 1 fully saturated rings.